The maximum atomic E-state index is 10.6. The van der Waals surface area contributed by atoms with Crippen LogP contribution >= 0.6 is 0 Å². The predicted octanol–water partition coefficient (Wildman–Crippen LogP) is 0.504. The highest BCUT2D eigenvalue weighted by Gasteiger charge is 2.32. The molecule has 1 aliphatic heterocycles. The fourth-order valence-electron chi connectivity index (χ4n) is 1.24. The molecule has 0 aliphatic carbocycles. The lowest BCUT2D eigenvalue weighted by atomic mass is 10.3. The van der Waals surface area contributed by atoms with Crippen molar-refractivity contribution in [1.82, 2.24) is 0 Å². The molecule has 0 aromatic rings. The zero-order valence-electron chi connectivity index (χ0n) is 8.65. The van der Waals surface area contributed by atoms with Crippen LogP contribution in [0.25, 0.3) is 0 Å². The molecular formula is C8H16O5S. The molecule has 0 radical (unpaired) electrons. The highest BCUT2D eigenvalue weighted by molar-refractivity contribution is 7.85. The Morgan fingerprint density at radius 3 is 2.57 bits per heavy atom. The minimum atomic E-state index is -3.34. The van der Waals surface area contributed by atoms with E-state index in [0.29, 0.717) is 13.0 Å². The van der Waals surface area contributed by atoms with Gasteiger partial charge in [0.25, 0.3) is 10.1 Å². The van der Waals surface area contributed by atoms with E-state index in [1.54, 1.807) is 0 Å². The maximum absolute atomic E-state index is 10.6. The molecule has 0 N–H and O–H groups in total. The molecule has 0 amide bonds. The standard InChI is InChI=1S/C8H16O5S/c1-8(2)11-6-7(13-8)4-5-12-14(3,9)10/h7H,4-6H2,1-3H3. The van der Waals surface area contributed by atoms with Gasteiger partial charge >= 0.3 is 0 Å². The van der Waals surface area contributed by atoms with Crippen LogP contribution in [0.4, 0.5) is 0 Å². The van der Waals surface area contributed by atoms with Gasteiger partial charge in [0.15, 0.2) is 5.79 Å². The highest BCUT2D eigenvalue weighted by atomic mass is 32.2. The molecule has 1 aliphatic rings. The van der Waals surface area contributed by atoms with Crippen molar-refractivity contribution in [3.05, 3.63) is 0 Å². The van der Waals surface area contributed by atoms with E-state index in [-0.39, 0.29) is 12.7 Å². The third-order valence-electron chi connectivity index (χ3n) is 1.80. The first-order chi connectivity index (χ1) is 6.29. The van der Waals surface area contributed by atoms with Crippen molar-refractivity contribution >= 4 is 10.1 Å². The van der Waals surface area contributed by atoms with Gasteiger partial charge in [-0.3, -0.25) is 4.18 Å². The second kappa shape index (κ2) is 4.14. The first kappa shape index (κ1) is 11.9. The first-order valence-electron chi connectivity index (χ1n) is 4.45. The van der Waals surface area contributed by atoms with Gasteiger partial charge in [0, 0.05) is 6.42 Å². The van der Waals surface area contributed by atoms with Gasteiger partial charge in [-0.25, -0.2) is 0 Å². The van der Waals surface area contributed by atoms with Crippen molar-refractivity contribution in [2.75, 3.05) is 19.5 Å². The Labute approximate surface area is 84.5 Å². The Hall–Kier alpha value is -0.170. The van der Waals surface area contributed by atoms with Crippen molar-refractivity contribution in [3.63, 3.8) is 0 Å². The largest absolute Gasteiger partial charge is 0.348 e. The van der Waals surface area contributed by atoms with Crippen LogP contribution in [0.15, 0.2) is 0 Å². The zero-order valence-corrected chi connectivity index (χ0v) is 9.46. The lowest BCUT2D eigenvalue weighted by molar-refractivity contribution is -0.139. The summed E-state index contributed by atoms with van der Waals surface area (Å²) in [6.45, 7) is 4.28. The van der Waals surface area contributed by atoms with Gasteiger partial charge in [-0.15, -0.1) is 0 Å². The molecule has 1 saturated heterocycles. The van der Waals surface area contributed by atoms with Crippen LogP contribution in [-0.2, 0) is 23.8 Å². The Morgan fingerprint density at radius 1 is 1.50 bits per heavy atom. The molecule has 0 aromatic carbocycles. The van der Waals surface area contributed by atoms with E-state index in [2.05, 4.69) is 4.18 Å². The Bertz CT molecular complexity index is 282. The molecule has 6 heteroatoms. The Balaban J connectivity index is 2.22. The van der Waals surface area contributed by atoms with E-state index in [1.807, 2.05) is 13.8 Å². The zero-order chi connectivity index (χ0) is 10.8. The van der Waals surface area contributed by atoms with Gasteiger partial charge < -0.3 is 9.47 Å². The first-order valence-corrected chi connectivity index (χ1v) is 6.26. The number of hydrogen-bond donors (Lipinski definition) is 0. The molecule has 1 rings (SSSR count). The van der Waals surface area contributed by atoms with Gasteiger partial charge in [-0.1, -0.05) is 0 Å². The summed E-state index contributed by atoms with van der Waals surface area (Å²) in [5.74, 6) is -0.560. The van der Waals surface area contributed by atoms with Gasteiger partial charge in [0.05, 0.1) is 25.6 Å². The third-order valence-corrected chi connectivity index (χ3v) is 2.40. The van der Waals surface area contributed by atoms with Crippen molar-refractivity contribution < 1.29 is 22.1 Å². The molecule has 84 valence electrons. The van der Waals surface area contributed by atoms with Crippen LogP contribution in [0.2, 0.25) is 0 Å². The quantitative estimate of drug-likeness (QED) is 0.651. The fourth-order valence-corrected chi connectivity index (χ4v) is 1.64. The Morgan fingerprint density at radius 2 is 2.14 bits per heavy atom. The molecule has 5 nitrogen and oxygen atoms in total. The monoisotopic (exact) mass is 224 g/mol. The molecule has 1 unspecified atom stereocenters. The summed E-state index contributed by atoms with van der Waals surface area (Å²) in [6.07, 6.45) is 1.48. The smallest absolute Gasteiger partial charge is 0.264 e. The van der Waals surface area contributed by atoms with E-state index >= 15 is 0 Å². The van der Waals surface area contributed by atoms with Crippen molar-refractivity contribution in [1.29, 1.82) is 0 Å². The lowest BCUT2D eigenvalue weighted by Crippen LogP contribution is -2.22. The van der Waals surface area contributed by atoms with Crippen molar-refractivity contribution in [2.24, 2.45) is 0 Å². The predicted molar refractivity (Wildman–Crippen MR) is 50.3 cm³/mol. The minimum Gasteiger partial charge on any atom is -0.348 e. The van der Waals surface area contributed by atoms with E-state index < -0.39 is 15.9 Å². The highest BCUT2D eigenvalue weighted by Crippen LogP contribution is 2.23. The molecular weight excluding hydrogens is 208 g/mol. The van der Waals surface area contributed by atoms with Gasteiger partial charge in [-0.05, 0) is 13.8 Å². The number of rotatable bonds is 4. The summed E-state index contributed by atoms with van der Waals surface area (Å²) < 4.78 is 36.6. The molecule has 0 saturated carbocycles. The number of hydrogen-bond acceptors (Lipinski definition) is 5. The SMILES string of the molecule is CC1(C)OCC(CCOS(C)(=O)=O)O1. The normalized spacial score (nSPS) is 26.6. The minimum absolute atomic E-state index is 0.0771. The van der Waals surface area contributed by atoms with Crippen LogP contribution in [0.5, 0.6) is 0 Å². The van der Waals surface area contributed by atoms with Gasteiger partial charge in [0.1, 0.15) is 0 Å². The summed E-state index contributed by atoms with van der Waals surface area (Å²) in [4.78, 5) is 0. The van der Waals surface area contributed by atoms with Gasteiger partial charge in [0.2, 0.25) is 0 Å². The molecule has 1 heterocycles. The van der Waals surface area contributed by atoms with Crippen molar-refractivity contribution in [3.8, 4) is 0 Å². The molecule has 1 atom stereocenters. The summed E-state index contributed by atoms with van der Waals surface area (Å²) in [5, 5.41) is 0. The summed E-state index contributed by atoms with van der Waals surface area (Å²) in [6, 6.07) is 0. The second-order valence-corrected chi connectivity index (χ2v) is 5.41. The molecule has 1 fully saturated rings. The lowest BCUT2D eigenvalue weighted by Gasteiger charge is -2.16. The Kier molecular flexibility index (Phi) is 3.52. The molecule has 0 spiro atoms. The van der Waals surface area contributed by atoms with E-state index in [1.165, 1.54) is 0 Å². The van der Waals surface area contributed by atoms with E-state index in [9.17, 15) is 8.42 Å². The van der Waals surface area contributed by atoms with Crippen LogP contribution in [0, 0.1) is 0 Å². The third kappa shape index (κ3) is 4.36. The van der Waals surface area contributed by atoms with Crippen LogP contribution in [0.1, 0.15) is 20.3 Å². The second-order valence-electron chi connectivity index (χ2n) is 3.77. The number of ether oxygens (including phenoxy) is 2. The summed E-state index contributed by atoms with van der Waals surface area (Å²) in [5.41, 5.74) is 0. The van der Waals surface area contributed by atoms with E-state index in [4.69, 9.17) is 9.47 Å². The fraction of sp³-hybridized carbons (Fsp3) is 1.00. The average Bonchev–Trinajstić information content (AvgIpc) is 2.27. The average molecular weight is 224 g/mol. The van der Waals surface area contributed by atoms with Crippen LogP contribution < -0.4 is 0 Å². The maximum Gasteiger partial charge on any atom is 0.264 e. The van der Waals surface area contributed by atoms with Gasteiger partial charge in [-0.2, -0.15) is 8.42 Å². The van der Waals surface area contributed by atoms with Crippen molar-refractivity contribution in [2.45, 2.75) is 32.2 Å². The summed E-state index contributed by atoms with van der Waals surface area (Å²) in [7, 11) is -3.34. The molecule has 0 aromatic heterocycles. The molecule has 0 bridgehead atoms. The van der Waals surface area contributed by atoms with Crippen LogP contribution in [0.3, 0.4) is 0 Å². The van der Waals surface area contributed by atoms with E-state index in [0.717, 1.165) is 6.26 Å². The summed E-state index contributed by atoms with van der Waals surface area (Å²) >= 11 is 0. The topological polar surface area (TPSA) is 61.8 Å². The molecule has 14 heavy (non-hydrogen) atoms. The van der Waals surface area contributed by atoms with Crippen LogP contribution in [-0.4, -0.2) is 39.8 Å².